The van der Waals surface area contributed by atoms with E-state index in [9.17, 15) is 4.79 Å². The number of benzene rings is 2. The maximum atomic E-state index is 12.8. The summed E-state index contributed by atoms with van der Waals surface area (Å²) in [4.78, 5) is 22.7. The number of esters is 1. The maximum absolute atomic E-state index is 12.8. The number of ether oxygens (including phenoxy) is 2. The summed E-state index contributed by atoms with van der Waals surface area (Å²) in [6, 6.07) is 15.9. The number of likely N-dealkylation sites (N-methyl/N-ethyl adjacent to an activating group) is 1. The van der Waals surface area contributed by atoms with Crippen LogP contribution in [0.2, 0.25) is 5.02 Å². The van der Waals surface area contributed by atoms with Crippen LogP contribution in [0, 0.1) is 0 Å². The average molecular weight is 539 g/mol. The lowest BCUT2D eigenvalue weighted by Gasteiger charge is -2.32. The Morgan fingerprint density at radius 2 is 1.92 bits per heavy atom. The molecular formula is C28H31ClN4O3S. The van der Waals surface area contributed by atoms with Gasteiger partial charge in [-0.1, -0.05) is 35.9 Å². The van der Waals surface area contributed by atoms with Crippen LogP contribution in [0.1, 0.15) is 40.8 Å². The van der Waals surface area contributed by atoms with Gasteiger partial charge in [0.1, 0.15) is 23.2 Å². The summed E-state index contributed by atoms with van der Waals surface area (Å²) in [6.07, 6.45) is 1.45. The third-order valence-corrected chi connectivity index (χ3v) is 8.08. The standard InChI is InChI=1S/C28H31ClN4O3S/c1-4-35-28(34)27-25(36-19(2)21-7-5-6-8-22(21)29)16-26(37-27)33-18-30-23-10-9-20(15-24(23)33)17-32-13-11-31(3)12-14-32/h5-10,15-16,18-19H,4,11-14,17H2,1-3H3/t19-/m1/s1. The minimum absolute atomic E-state index is 0.287. The molecule has 7 nitrogen and oxygen atoms in total. The molecule has 194 valence electrons. The molecule has 2 aromatic heterocycles. The highest BCUT2D eigenvalue weighted by atomic mass is 35.5. The summed E-state index contributed by atoms with van der Waals surface area (Å²) in [5.41, 5.74) is 3.99. The lowest BCUT2D eigenvalue weighted by atomic mass is 10.1. The number of halogens is 1. The lowest BCUT2D eigenvalue weighted by Crippen LogP contribution is -2.43. The fourth-order valence-corrected chi connectivity index (χ4v) is 5.82. The van der Waals surface area contributed by atoms with Crippen molar-refractivity contribution in [2.24, 2.45) is 0 Å². The van der Waals surface area contributed by atoms with Crippen molar-refractivity contribution in [1.29, 1.82) is 0 Å². The third kappa shape index (κ3) is 5.67. The second kappa shape index (κ2) is 11.2. The molecule has 1 fully saturated rings. The van der Waals surface area contributed by atoms with Gasteiger partial charge in [0.05, 0.1) is 17.6 Å². The molecule has 4 aromatic rings. The Morgan fingerprint density at radius 1 is 1.14 bits per heavy atom. The zero-order valence-corrected chi connectivity index (χ0v) is 22.9. The summed E-state index contributed by atoms with van der Waals surface area (Å²) in [7, 11) is 2.17. The zero-order valence-electron chi connectivity index (χ0n) is 21.3. The van der Waals surface area contributed by atoms with E-state index in [1.165, 1.54) is 16.9 Å². The Balaban J connectivity index is 1.46. The molecule has 0 radical (unpaired) electrons. The van der Waals surface area contributed by atoms with Gasteiger partial charge in [0.15, 0.2) is 4.88 Å². The largest absolute Gasteiger partial charge is 0.484 e. The molecule has 0 aliphatic carbocycles. The molecular weight excluding hydrogens is 508 g/mol. The summed E-state index contributed by atoms with van der Waals surface area (Å²) in [5, 5.41) is 1.46. The Bertz CT molecular complexity index is 1390. The first-order chi connectivity index (χ1) is 17.9. The van der Waals surface area contributed by atoms with E-state index in [0.717, 1.165) is 54.3 Å². The van der Waals surface area contributed by atoms with Gasteiger partial charge in [0.25, 0.3) is 0 Å². The Kier molecular flexibility index (Phi) is 7.81. The summed E-state index contributed by atoms with van der Waals surface area (Å²) >= 11 is 7.73. The van der Waals surface area contributed by atoms with Crippen molar-refractivity contribution in [3.8, 4) is 10.8 Å². The number of aromatic nitrogens is 2. The number of hydrogen-bond donors (Lipinski definition) is 0. The monoisotopic (exact) mass is 538 g/mol. The van der Waals surface area contributed by atoms with Crippen molar-refractivity contribution < 1.29 is 14.3 Å². The van der Waals surface area contributed by atoms with Gasteiger partial charge in [-0.3, -0.25) is 9.47 Å². The van der Waals surface area contributed by atoms with Gasteiger partial charge < -0.3 is 14.4 Å². The molecule has 1 atom stereocenters. The van der Waals surface area contributed by atoms with Gasteiger partial charge in [-0.15, -0.1) is 11.3 Å². The number of thiophene rings is 1. The summed E-state index contributed by atoms with van der Waals surface area (Å²) in [5.74, 6) is 0.0709. The van der Waals surface area contributed by atoms with Crippen molar-refractivity contribution in [3.63, 3.8) is 0 Å². The van der Waals surface area contributed by atoms with Gasteiger partial charge >= 0.3 is 5.97 Å². The van der Waals surface area contributed by atoms with E-state index in [4.69, 9.17) is 21.1 Å². The quantitative estimate of drug-likeness (QED) is 0.264. The number of rotatable bonds is 8. The Labute approximate surface area is 226 Å². The normalized spacial score (nSPS) is 15.7. The van der Waals surface area contributed by atoms with Crippen LogP contribution in [0.3, 0.4) is 0 Å². The van der Waals surface area contributed by atoms with E-state index in [0.29, 0.717) is 15.6 Å². The number of imidazole rings is 1. The fraction of sp³-hybridized carbons (Fsp3) is 0.357. The van der Waals surface area contributed by atoms with Crippen molar-refractivity contribution >= 4 is 39.9 Å². The predicted molar refractivity (Wildman–Crippen MR) is 148 cm³/mol. The van der Waals surface area contributed by atoms with Gasteiger partial charge in [0, 0.05) is 49.4 Å². The molecule has 3 heterocycles. The highest BCUT2D eigenvalue weighted by Gasteiger charge is 2.23. The molecule has 0 unspecified atom stereocenters. The third-order valence-electron chi connectivity index (χ3n) is 6.64. The second-order valence-corrected chi connectivity index (χ2v) is 10.7. The summed E-state index contributed by atoms with van der Waals surface area (Å²) < 4.78 is 13.6. The fourth-order valence-electron chi connectivity index (χ4n) is 4.56. The van der Waals surface area contributed by atoms with Gasteiger partial charge in [-0.25, -0.2) is 9.78 Å². The van der Waals surface area contributed by atoms with E-state index in [1.807, 2.05) is 41.8 Å². The number of nitrogens with zero attached hydrogens (tertiary/aromatic N) is 4. The molecule has 9 heteroatoms. The van der Waals surface area contributed by atoms with Crippen LogP contribution in [0.4, 0.5) is 0 Å². The molecule has 37 heavy (non-hydrogen) atoms. The molecule has 1 aliphatic heterocycles. The lowest BCUT2D eigenvalue weighted by molar-refractivity contribution is 0.0526. The van der Waals surface area contributed by atoms with E-state index in [-0.39, 0.29) is 12.7 Å². The summed E-state index contributed by atoms with van der Waals surface area (Å²) in [6.45, 7) is 9.20. The predicted octanol–water partition coefficient (Wildman–Crippen LogP) is 5.80. The first-order valence-corrected chi connectivity index (χ1v) is 13.7. The highest BCUT2D eigenvalue weighted by Crippen LogP contribution is 2.37. The van der Waals surface area contributed by atoms with Gasteiger partial charge in [-0.2, -0.15) is 0 Å². The van der Waals surface area contributed by atoms with Crippen LogP contribution >= 0.6 is 22.9 Å². The van der Waals surface area contributed by atoms with Crippen molar-refractivity contribution in [2.75, 3.05) is 39.8 Å². The maximum Gasteiger partial charge on any atom is 0.352 e. The number of hydrogen-bond acceptors (Lipinski definition) is 7. The van der Waals surface area contributed by atoms with E-state index in [1.54, 1.807) is 13.3 Å². The average Bonchev–Trinajstić information content (AvgIpc) is 3.49. The molecule has 5 rings (SSSR count). The molecule has 0 spiro atoms. The number of carbonyl (C=O) groups is 1. The van der Waals surface area contributed by atoms with Crippen LogP contribution in [-0.2, 0) is 11.3 Å². The molecule has 0 amide bonds. The smallest absolute Gasteiger partial charge is 0.352 e. The first kappa shape index (κ1) is 25.7. The minimum Gasteiger partial charge on any atom is -0.484 e. The molecule has 1 aliphatic rings. The van der Waals surface area contributed by atoms with E-state index in [2.05, 4.69) is 40.0 Å². The van der Waals surface area contributed by atoms with Gasteiger partial charge in [0.2, 0.25) is 0 Å². The molecule has 2 aromatic carbocycles. The topological polar surface area (TPSA) is 59.8 Å². The van der Waals surface area contributed by atoms with E-state index >= 15 is 0 Å². The van der Waals surface area contributed by atoms with Crippen LogP contribution in [0.5, 0.6) is 5.75 Å². The highest BCUT2D eigenvalue weighted by molar-refractivity contribution is 7.16. The SMILES string of the molecule is CCOC(=O)c1sc(-n2cnc3ccc(CN4CCN(C)CC4)cc32)cc1O[C@H](C)c1ccccc1Cl. The molecule has 0 bridgehead atoms. The molecule has 0 saturated carbocycles. The van der Waals surface area contributed by atoms with Crippen LogP contribution in [-0.4, -0.2) is 65.2 Å². The zero-order chi connectivity index (χ0) is 25.9. The second-order valence-electron chi connectivity index (χ2n) is 9.30. The number of fused-ring (bicyclic) bond motifs is 1. The number of piperazine rings is 1. The minimum atomic E-state index is -0.403. The van der Waals surface area contributed by atoms with Crippen molar-refractivity contribution in [2.45, 2.75) is 26.5 Å². The van der Waals surface area contributed by atoms with Crippen LogP contribution in [0.15, 0.2) is 54.9 Å². The van der Waals surface area contributed by atoms with Crippen molar-refractivity contribution in [3.05, 3.63) is 75.9 Å². The Hall–Kier alpha value is -2.91. The first-order valence-electron chi connectivity index (χ1n) is 12.5. The van der Waals surface area contributed by atoms with E-state index < -0.39 is 5.97 Å². The molecule has 1 saturated heterocycles. The Morgan fingerprint density at radius 3 is 2.68 bits per heavy atom. The molecule has 0 N–H and O–H groups in total. The van der Waals surface area contributed by atoms with Gasteiger partial charge in [-0.05, 0) is 44.7 Å². The van der Waals surface area contributed by atoms with Crippen LogP contribution < -0.4 is 4.74 Å². The van der Waals surface area contributed by atoms with Crippen molar-refractivity contribution in [1.82, 2.24) is 19.4 Å². The number of carbonyl (C=O) groups excluding carboxylic acids is 1. The van der Waals surface area contributed by atoms with Crippen LogP contribution in [0.25, 0.3) is 16.0 Å².